The van der Waals surface area contributed by atoms with Crippen molar-refractivity contribution in [3.63, 3.8) is 0 Å². The van der Waals surface area contributed by atoms with Gasteiger partial charge in [0.15, 0.2) is 0 Å². The van der Waals surface area contributed by atoms with Crippen molar-refractivity contribution in [1.29, 1.82) is 0 Å². The summed E-state index contributed by atoms with van der Waals surface area (Å²) in [6.45, 7) is 5.55. The molecule has 2 unspecified atom stereocenters. The van der Waals surface area contributed by atoms with Crippen LogP contribution in [0.2, 0.25) is 0 Å². The van der Waals surface area contributed by atoms with Crippen molar-refractivity contribution < 1.29 is 9.53 Å². The highest BCUT2D eigenvalue weighted by Crippen LogP contribution is 2.29. The van der Waals surface area contributed by atoms with Crippen molar-refractivity contribution in [3.8, 4) is 0 Å². The fourth-order valence-electron chi connectivity index (χ4n) is 2.97. The maximum Gasteiger partial charge on any atom is 0.227 e. The average molecular weight is 254 g/mol. The Morgan fingerprint density at radius 2 is 2.39 bits per heavy atom. The molecule has 4 nitrogen and oxygen atoms in total. The molecule has 4 heteroatoms. The van der Waals surface area contributed by atoms with Crippen LogP contribution >= 0.6 is 0 Å². The molecule has 104 valence electrons. The molecule has 2 atom stereocenters. The lowest BCUT2D eigenvalue weighted by molar-refractivity contribution is -0.130. The van der Waals surface area contributed by atoms with Gasteiger partial charge in [0.05, 0.1) is 11.5 Å². The molecule has 2 aliphatic heterocycles. The highest BCUT2D eigenvalue weighted by atomic mass is 16.5. The largest absolute Gasteiger partial charge is 0.378 e. The summed E-state index contributed by atoms with van der Waals surface area (Å²) in [7, 11) is 0. The number of hydrogen-bond donors (Lipinski definition) is 2. The topological polar surface area (TPSA) is 50.4 Å². The lowest BCUT2D eigenvalue weighted by Crippen LogP contribution is -2.43. The molecule has 0 aromatic rings. The van der Waals surface area contributed by atoms with Gasteiger partial charge in [-0.05, 0) is 45.1 Å². The van der Waals surface area contributed by atoms with Crippen LogP contribution in [0.3, 0.4) is 0 Å². The maximum absolute atomic E-state index is 12.2. The van der Waals surface area contributed by atoms with Crippen LogP contribution in [-0.4, -0.2) is 38.3 Å². The maximum atomic E-state index is 12.2. The van der Waals surface area contributed by atoms with E-state index in [0.29, 0.717) is 6.10 Å². The third-order valence-corrected chi connectivity index (χ3v) is 4.43. The number of rotatable bonds is 5. The average Bonchev–Trinajstić information content (AvgIpc) is 2.90. The molecule has 0 aromatic carbocycles. The number of carbonyl (C=O) groups excluding carboxylic acids is 1. The molecule has 2 N–H and O–H groups in total. The van der Waals surface area contributed by atoms with Gasteiger partial charge in [0.25, 0.3) is 0 Å². The van der Waals surface area contributed by atoms with E-state index in [-0.39, 0.29) is 11.3 Å². The second-order valence-corrected chi connectivity index (χ2v) is 5.59. The minimum atomic E-state index is -0.159. The Morgan fingerprint density at radius 3 is 3.00 bits per heavy atom. The first-order chi connectivity index (χ1) is 8.77. The van der Waals surface area contributed by atoms with E-state index in [0.717, 1.165) is 51.9 Å². The quantitative estimate of drug-likeness (QED) is 0.781. The van der Waals surface area contributed by atoms with Gasteiger partial charge < -0.3 is 15.4 Å². The van der Waals surface area contributed by atoms with E-state index in [1.807, 2.05) is 0 Å². The lowest BCUT2D eigenvalue weighted by atomic mass is 9.83. The van der Waals surface area contributed by atoms with Crippen molar-refractivity contribution >= 4 is 5.91 Å². The number of hydrogen-bond acceptors (Lipinski definition) is 3. The molecule has 0 bridgehead atoms. The molecular weight excluding hydrogens is 228 g/mol. The van der Waals surface area contributed by atoms with Crippen LogP contribution < -0.4 is 10.6 Å². The molecule has 2 heterocycles. The zero-order valence-electron chi connectivity index (χ0n) is 11.5. The number of amides is 1. The third kappa shape index (κ3) is 3.23. The summed E-state index contributed by atoms with van der Waals surface area (Å²) in [4.78, 5) is 12.2. The van der Waals surface area contributed by atoms with Crippen molar-refractivity contribution in [3.05, 3.63) is 0 Å². The molecule has 0 spiro atoms. The number of nitrogens with one attached hydrogen (secondary N) is 2. The van der Waals surface area contributed by atoms with Crippen molar-refractivity contribution in [2.45, 2.75) is 51.6 Å². The van der Waals surface area contributed by atoms with Gasteiger partial charge in [-0.15, -0.1) is 0 Å². The third-order valence-electron chi connectivity index (χ3n) is 4.43. The summed E-state index contributed by atoms with van der Waals surface area (Å²) in [5.74, 6) is 0.228. The molecule has 0 aromatic heterocycles. The standard InChI is InChI=1S/C14H26N2O2/c1-2-14(7-9-15-11-14)13(17)16-8-6-12-5-3-4-10-18-12/h12,15H,2-11H2,1H3,(H,16,17). The van der Waals surface area contributed by atoms with E-state index in [4.69, 9.17) is 4.74 Å². The van der Waals surface area contributed by atoms with Crippen LogP contribution in [0, 0.1) is 5.41 Å². The van der Waals surface area contributed by atoms with E-state index in [1.165, 1.54) is 12.8 Å². The first-order valence-corrected chi connectivity index (χ1v) is 7.37. The normalized spacial score (nSPS) is 32.4. The molecule has 2 rings (SSSR count). The summed E-state index contributed by atoms with van der Waals surface area (Å²) >= 11 is 0. The van der Waals surface area contributed by atoms with Gasteiger partial charge in [-0.2, -0.15) is 0 Å². The summed E-state index contributed by atoms with van der Waals surface area (Å²) in [5.41, 5.74) is -0.159. The van der Waals surface area contributed by atoms with Crippen LogP contribution in [0.25, 0.3) is 0 Å². The Bertz CT molecular complexity index is 269. The summed E-state index contributed by atoms with van der Waals surface area (Å²) in [6, 6.07) is 0. The number of carbonyl (C=O) groups is 1. The van der Waals surface area contributed by atoms with E-state index in [2.05, 4.69) is 17.6 Å². The monoisotopic (exact) mass is 254 g/mol. The highest BCUT2D eigenvalue weighted by Gasteiger charge is 2.39. The predicted octanol–water partition coefficient (Wildman–Crippen LogP) is 1.45. The second-order valence-electron chi connectivity index (χ2n) is 5.59. The molecule has 0 aliphatic carbocycles. The van der Waals surface area contributed by atoms with E-state index >= 15 is 0 Å². The molecule has 0 saturated carbocycles. The highest BCUT2D eigenvalue weighted by molar-refractivity contribution is 5.83. The Labute approximate surface area is 110 Å². The molecule has 2 aliphatic rings. The molecular formula is C14H26N2O2. The second kappa shape index (κ2) is 6.53. The van der Waals surface area contributed by atoms with Crippen LogP contribution in [-0.2, 0) is 9.53 Å². The molecule has 1 amide bonds. The van der Waals surface area contributed by atoms with Crippen LogP contribution in [0.4, 0.5) is 0 Å². The minimum absolute atomic E-state index is 0.159. The van der Waals surface area contributed by atoms with Gasteiger partial charge in [-0.1, -0.05) is 6.92 Å². The van der Waals surface area contributed by atoms with Gasteiger partial charge in [0, 0.05) is 19.7 Å². The van der Waals surface area contributed by atoms with Gasteiger partial charge in [0.2, 0.25) is 5.91 Å². The van der Waals surface area contributed by atoms with Gasteiger partial charge in [-0.25, -0.2) is 0 Å². The molecule has 0 radical (unpaired) electrons. The van der Waals surface area contributed by atoms with Crippen molar-refractivity contribution in [2.24, 2.45) is 5.41 Å². The summed E-state index contributed by atoms with van der Waals surface area (Å²) in [5, 5.41) is 6.40. The zero-order chi connectivity index (χ0) is 12.8. The Kier molecular flexibility index (Phi) is 5.01. The van der Waals surface area contributed by atoms with Crippen molar-refractivity contribution in [2.75, 3.05) is 26.2 Å². The van der Waals surface area contributed by atoms with Gasteiger partial charge in [-0.3, -0.25) is 4.79 Å². The fourth-order valence-corrected chi connectivity index (χ4v) is 2.97. The Morgan fingerprint density at radius 1 is 1.50 bits per heavy atom. The van der Waals surface area contributed by atoms with E-state index < -0.39 is 0 Å². The van der Waals surface area contributed by atoms with E-state index in [1.54, 1.807) is 0 Å². The predicted molar refractivity (Wildman–Crippen MR) is 71.4 cm³/mol. The summed E-state index contributed by atoms with van der Waals surface area (Å²) in [6.07, 6.45) is 6.81. The van der Waals surface area contributed by atoms with Crippen molar-refractivity contribution in [1.82, 2.24) is 10.6 Å². The smallest absolute Gasteiger partial charge is 0.227 e. The SMILES string of the molecule is CCC1(C(=O)NCCC2CCCCO2)CCNC1. The Balaban J connectivity index is 1.70. The first kappa shape index (κ1) is 13.8. The van der Waals surface area contributed by atoms with Crippen LogP contribution in [0.15, 0.2) is 0 Å². The Hall–Kier alpha value is -0.610. The molecule has 18 heavy (non-hydrogen) atoms. The minimum Gasteiger partial charge on any atom is -0.378 e. The fraction of sp³-hybridized carbons (Fsp3) is 0.929. The molecule has 2 fully saturated rings. The van der Waals surface area contributed by atoms with Gasteiger partial charge in [0.1, 0.15) is 0 Å². The lowest BCUT2D eigenvalue weighted by Gasteiger charge is -2.27. The van der Waals surface area contributed by atoms with Crippen LogP contribution in [0.1, 0.15) is 45.4 Å². The number of ether oxygens (including phenoxy) is 1. The van der Waals surface area contributed by atoms with E-state index in [9.17, 15) is 4.79 Å². The summed E-state index contributed by atoms with van der Waals surface area (Å²) < 4.78 is 5.67. The van der Waals surface area contributed by atoms with Gasteiger partial charge >= 0.3 is 0 Å². The molecule has 2 saturated heterocycles. The van der Waals surface area contributed by atoms with Crippen LogP contribution in [0.5, 0.6) is 0 Å². The first-order valence-electron chi connectivity index (χ1n) is 7.37. The zero-order valence-corrected chi connectivity index (χ0v) is 11.5.